The highest BCUT2D eigenvalue weighted by Gasteiger charge is 2.35. The van der Waals surface area contributed by atoms with Crippen molar-refractivity contribution in [3.05, 3.63) is 29.6 Å². The van der Waals surface area contributed by atoms with Crippen molar-refractivity contribution in [1.29, 1.82) is 0 Å². The Kier molecular flexibility index (Phi) is 3.57. The predicted molar refractivity (Wildman–Crippen MR) is 62.2 cm³/mol. The lowest BCUT2D eigenvalue weighted by Gasteiger charge is -2.15. The van der Waals surface area contributed by atoms with E-state index in [2.05, 4.69) is 10.3 Å². The Morgan fingerprint density at radius 1 is 1.44 bits per heavy atom. The van der Waals surface area contributed by atoms with Gasteiger partial charge in [0, 0.05) is 11.9 Å². The number of hydrogen-bond acceptors (Lipinski definition) is 4. The largest absolute Gasteiger partial charge is 0.481 e. The summed E-state index contributed by atoms with van der Waals surface area (Å²) in [4.78, 5) is 26.8. The van der Waals surface area contributed by atoms with Crippen LogP contribution in [0, 0.1) is 12.8 Å². The molecule has 0 bridgehead atoms. The summed E-state index contributed by atoms with van der Waals surface area (Å²) in [5, 5.41) is 11.6. The molecule has 1 aromatic heterocycles. The third-order valence-electron chi connectivity index (χ3n) is 2.89. The molecule has 6 nitrogen and oxygen atoms in total. The van der Waals surface area contributed by atoms with Gasteiger partial charge < -0.3 is 15.2 Å². The topological polar surface area (TPSA) is 88.5 Å². The van der Waals surface area contributed by atoms with Crippen LogP contribution in [0.4, 0.5) is 0 Å². The van der Waals surface area contributed by atoms with Gasteiger partial charge in [-0.15, -0.1) is 0 Å². The molecule has 1 amide bonds. The molecule has 18 heavy (non-hydrogen) atoms. The molecule has 1 aliphatic rings. The summed E-state index contributed by atoms with van der Waals surface area (Å²) in [5.74, 6) is -1.98. The van der Waals surface area contributed by atoms with E-state index in [1.807, 2.05) is 6.92 Å². The van der Waals surface area contributed by atoms with Gasteiger partial charge in [0.25, 0.3) is 5.91 Å². The lowest BCUT2D eigenvalue weighted by molar-refractivity contribution is -0.142. The zero-order chi connectivity index (χ0) is 13.1. The summed E-state index contributed by atoms with van der Waals surface area (Å²) < 4.78 is 5.08. The first-order valence-corrected chi connectivity index (χ1v) is 5.62. The van der Waals surface area contributed by atoms with Gasteiger partial charge in [-0.25, -0.2) is 0 Å². The quantitative estimate of drug-likeness (QED) is 0.801. The van der Waals surface area contributed by atoms with E-state index in [0.717, 1.165) is 5.69 Å². The first-order valence-electron chi connectivity index (χ1n) is 5.62. The molecule has 0 saturated carbocycles. The number of carbonyl (C=O) groups excluding carboxylic acids is 1. The molecule has 0 radical (unpaired) electrons. The number of pyridine rings is 1. The third kappa shape index (κ3) is 2.65. The van der Waals surface area contributed by atoms with Crippen LogP contribution in [0.3, 0.4) is 0 Å². The number of carboxylic acid groups (broad SMARTS) is 1. The van der Waals surface area contributed by atoms with Crippen LogP contribution in [0.15, 0.2) is 18.3 Å². The number of rotatable bonds is 3. The Balaban J connectivity index is 2.03. The van der Waals surface area contributed by atoms with Crippen molar-refractivity contribution in [2.75, 3.05) is 13.2 Å². The maximum Gasteiger partial charge on any atom is 0.311 e. The fourth-order valence-corrected chi connectivity index (χ4v) is 1.79. The number of amides is 1. The van der Waals surface area contributed by atoms with E-state index in [1.54, 1.807) is 12.1 Å². The fraction of sp³-hybridized carbons (Fsp3) is 0.417. The minimum Gasteiger partial charge on any atom is -0.481 e. The molecule has 2 atom stereocenters. The van der Waals surface area contributed by atoms with Crippen LogP contribution >= 0.6 is 0 Å². The number of ether oxygens (including phenoxy) is 1. The number of carbonyl (C=O) groups is 2. The van der Waals surface area contributed by atoms with Crippen molar-refractivity contribution >= 4 is 11.9 Å². The van der Waals surface area contributed by atoms with Gasteiger partial charge in [-0.1, -0.05) is 0 Å². The molecule has 6 heteroatoms. The van der Waals surface area contributed by atoms with Crippen molar-refractivity contribution in [1.82, 2.24) is 10.3 Å². The van der Waals surface area contributed by atoms with Crippen LogP contribution in [-0.4, -0.2) is 41.2 Å². The maximum absolute atomic E-state index is 11.9. The summed E-state index contributed by atoms with van der Waals surface area (Å²) in [7, 11) is 0. The molecule has 1 saturated heterocycles. The third-order valence-corrected chi connectivity index (χ3v) is 2.89. The normalized spacial score (nSPS) is 22.7. The first-order chi connectivity index (χ1) is 8.58. The Morgan fingerprint density at radius 2 is 2.22 bits per heavy atom. The van der Waals surface area contributed by atoms with Crippen molar-refractivity contribution in [3.8, 4) is 0 Å². The van der Waals surface area contributed by atoms with Gasteiger partial charge in [0.1, 0.15) is 5.92 Å². The lowest BCUT2D eigenvalue weighted by Crippen LogP contribution is -2.42. The number of aryl methyl sites for hydroxylation is 1. The summed E-state index contributed by atoms with van der Waals surface area (Å²) in [6, 6.07) is 2.90. The minimum atomic E-state index is -0.958. The van der Waals surface area contributed by atoms with E-state index in [0.29, 0.717) is 5.56 Å². The molecule has 1 aromatic rings. The van der Waals surface area contributed by atoms with Gasteiger partial charge in [-0.3, -0.25) is 14.6 Å². The van der Waals surface area contributed by atoms with Crippen molar-refractivity contribution in [2.45, 2.75) is 13.0 Å². The number of nitrogens with one attached hydrogen (secondary N) is 1. The molecule has 0 spiro atoms. The van der Waals surface area contributed by atoms with Crippen LogP contribution in [0.2, 0.25) is 0 Å². The summed E-state index contributed by atoms with van der Waals surface area (Å²) in [6.07, 6.45) is 1.47. The van der Waals surface area contributed by atoms with E-state index in [4.69, 9.17) is 9.84 Å². The highest BCUT2D eigenvalue weighted by molar-refractivity contribution is 5.94. The maximum atomic E-state index is 11.9. The van der Waals surface area contributed by atoms with Gasteiger partial charge in [0.2, 0.25) is 0 Å². The number of hydrogen-bond donors (Lipinski definition) is 2. The average Bonchev–Trinajstić information content (AvgIpc) is 2.78. The molecule has 2 heterocycles. The Hall–Kier alpha value is -1.95. The number of carboxylic acids is 1. The van der Waals surface area contributed by atoms with E-state index >= 15 is 0 Å². The van der Waals surface area contributed by atoms with Crippen molar-refractivity contribution < 1.29 is 19.4 Å². The fourth-order valence-electron chi connectivity index (χ4n) is 1.79. The summed E-state index contributed by atoms with van der Waals surface area (Å²) in [5.41, 5.74) is 1.23. The summed E-state index contributed by atoms with van der Waals surface area (Å²) >= 11 is 0. The second kappa shape index (κ2) is 5.14. The highest BCUT2D eigenvalue weighted by atomic mass is 16.5. The number of aromatic nitrogens is 1. The van der Waals surface area contributed by atoms with Crippen LogP contribution in [0.5, 0.6) is 0 Å². The van der Waals surface area contributed by atoms with E-state index in [1.165, 1.54) is 6.20 Å². The van der Waals surface area contributed by atoms with Crippen LogP contribution in [-0.2, 0) is 9.53 Å². The predicted octanol–water partition coefficient (Wildman–Crippen LogP) is 0.219. The van der Waals surface area contributed by atoms with Crippen LogP contribution < -0.4 is 5.32 Å². The van der Waals surface area contributed by atoms with Crippen molar-refractivity contribution in [3.63, 3.8) is 0 Å². The Bertz CT molecular complexity index is 458. The van der Waals surface area contributed by atoms with Crippen LogP contribution in [0.1, 0.15) is 16.1 Å². The lowest BCUT2D eigenvalue weighted by atomic mass is 10.0. The molecule has 2 unspecified atom stereocenters. The molecule has 1 fully saturated rings. The molecular weight excluding hydrogens is 236 g/mol. The molecule has 2 N–H and O–H groups in total. The second-order valence-electron chi connectivity index (χ2n) is 4.25. The smallest absolute Gasteiger partial charge is 0.311 e. The zero-order valence-corrected chi connectivity index (χ0v) is 9.92. The van der Waals surface area contributed by atoms with Gasteiger partial charge in [0.05, 0.1) is 24.8 Å². The molecular formula is C12H14N2O4. The SMILES string of the molecule is Cc1ccc(C(=O)NC2COCC2C(=O)O)cn1. The minimum absolute atomic E-state index is 0.131. The molecule has 1 aliphatic heterocycles. The second-order valence-corrected chi connectivity index (χ2v) is 4.25. The Morgan fingerprint density at radius 3 is 2.83 bits per heavy atom. The first kappa shape index (κ1) is 12.5. The highest BCUT2D eigenvalue weighted by Crippen LogP contribution is 2.14. The summed E-state index contributed by atoms with van der Waals surface area (Å²) in [6.45, 7) is 2.18. The zero-order valence-electron chi connectivity index (χ0n) is 9.92. The van der Waals surface area contributed by atoms with Gasteiger partial charge >= 0.3 is 5.97 Å². The monoisotopic (exact) mass is 250 g/mol. The van der Waals surface area contributed by atoms with E-state index < -0.39 is 17.9 Å². The van der Waals surface area contributed by atoms with E-state index in [9.17, 15) is 9.59 Å². The molecule has 0 aliphatic carbocycles. The standard InChI is InChI=1S/C12H14N2O4/c1-7-2-3-8(4-13-7)11(15)14-10-6-18-5-9(10)12(16)17/h2-4,9-10H,5-6H2,1H3,(H,14,15)(H,16,17). The number of aliphatic carboxylic acids is 1. The van der Waals surface area contributed by atoms with E-state index in [-0.39, 0.29) is 19.1 Å². The van der Waals surface area contributed by atoms with Gasteiger partial charge in [-0.2, -0.15) is 0 Å². The Labute approximate surface area is 104 Å². The van der Waals surface area contributed by atoms with Gasteiger partial charge in [-0.05, 0) is 19.1 Å². The van der Waals surface area contributed by atoms with Gasteiger partial charge in [0.15, 0.2) is 0 Å². The van der Waals surface area contributed by atoms with Crippen molar-refractivity contribution in [2.24, 2.45) is 5.92 Å². The molecule has 0 aromatic carbocycles. The average molecular weight is 250 g/mol. The number of nitrogens with zero attached hydrogens (tertiary/aromatic N) is 1. The molecule has 96 valence electrons. The molecule has 2 rings (SSSR count). The van der Waals surface area contributed by atoms with Crippen LogP contribution in [0.25, 0.3) is 0 Å².